The second-order valence-corrected chi connectivity index (χ2v) is 8.20. The summed E-state index contributed by atoms with van der Waals surface area (Å²) in [4.78, 5) is 37.7. The predicted molar refractivity (Wildman–Crippen MR) is 114 cm³/mol. The molecular weight excluding hydrogens is 477 g/mol. The molecule has 0 bridgehead atoms. The van der Waals surface area contributed by atoms with E-state index in [1.54, 1.807) is 24.4 Å². The van der Waals surface area contributed by atoms with Gasteiger partial charge in [0.2, 0.25) is 0 Å². The molecule has 2 amide bonds. The monoisotopic (exact) mass is 498 g/mol. The van der Waals surface area contributed by atoms with Crippen molar-refractivity contribution in [3.63, 3.8) is 0 Å². The zero-order valence-electron chi connectivity index (χ0n) is 17.8. The van der Waals surface area contributed by atoms with E-state index < -0.39 is 54.4 Å². The highest BCUT2D eigenvalue weighted by Crippen LogP contribution is 2.41. The molecule has 0 radical (unpaired) electrons. The van der Waals surface area contributed by atoms with Crippen LogP contribution in [-0.4, -0.2) is 42.5 Å². The standard InChI is InChI=1S/C22H21F3N2O6S/c1-2-32-19(29)17-14(26-20(30)27-18(17)15-9-6-10-34-15)12-33-16(28)11-21(31,22(23,24)25)13-7-4-3-5-8-13/h3-10,18,31H,2,11-12H2,1H3,(H2,26,27,30)/t18-,21+/m1/s1. The highest BCUT2D eigenvalue weighted by molar-refractivity contribution is 7.10. The van der Waals surface area contributed by atoms with E-state index >= 15 is 0 Å². The van der Waals surface area contributed by atoms with Gasteiger partial charge in [-0.05, 0) is 23.9 Å². The maximum Gasteiger partial charge on any atom is 0.422 e. The van der Waals surface area contributed by atoms with E-state index in [1.807, 2.05) is 0 Å². The molecule has 1 aromatic carbocycles. The summed E-state index contributed by atoms with van der Waals surface area (Å²) in [6, 6.07) is 7.91. The van der Waals surface area contributed by atoms with Crippen LogP contribution in [-0.2, 0) is 24.7 Å². The summed E-state index contributed by atoms with van der Waals surface area (Å²) in [5, 5.41) is 17.0. The van der Waals surface area contributed by atoms with Gasteiger partial charge in [0.1, 0.15) is 6.61 Å². The van der Waals surface area contributed by atoms with Gasteiger partial charge in [-0.15, -0.1) is 11.3 Å². The molecule has 3 rings (SSSR count). The van der Waals surface area contributed by atoms with Crippen LogP contribution in [0.15, 0.2) is 59.1 Å². The van der Waals surface area contributed by atoms with Crippen LogP contribution in [0.1, 0.15) is 29.8 Å². The van der Waals surface area contributed by atoms with Crippen LogP contribution in [0.5, 0.6) is 0 Å². The number of ether oxygens (including phenoxy) is 2. The minimum absolute atomic E-state index is 0.0240. The number of esters is 2. The lowest BCUT2D eigenvalue weighted by molar-refractivity contribution is -0.269. The number of aliphatic hydroxyl groups is 1. The summed E-state index contributed by atoms with van der Waals surface area (Å²) in [5.74, 6) is -2.18. The maximum absolute atomic E-state index is 13.7. The average Bonchev–Trinajstić information content (AvgIpc) is 3.32. The molecule has 3 N–H and O–H groups in total. The van der Waals surface area contributed by atoms with E-state index in [2.05, 4.69) is 10.6 Å². The Bertz CT molecular complexity index is 1070. The highest BCUT2D eigenvalue weighted by Gasteiger charge is 2.56. The normalized spacial score (nSPS) is 17.9. The van der Waals surface area contributed by atoms with Crippen LogP contribution in [0.2, 0.25) is 0 Å². The Morgan fingerprint density at radius 1 is 1.12 bits per heavy atom. The van der Waals surface area contributed by atoms with E-state index in [-0.39, 0.29) is 17.9 Å². The van der Waals surface area contributed by atoms with Crippen molar-refractivity contribution in [1.29, 1.82) is 0 Å². The molecule has 0 saturated heterocycles. The van der Waals surface area contributed by atoms with E-state index in [9.17, 15) is 32.7 Å². The molecule has 0 saturated carbocycles. The fraction of sp³-hybridized carbons (Fsp3) is 0.318. The predicted octanol–water partition coefficient (Wildman–Crippen LogP) is 3.30. The molecule has 8 nitrogen and oxygen atoms in total. The van der Waals surface area contributed by atoms with Crippen molar-refractivity contribution in [1.82, 2.24) is 10.6 Å². The van der Waals surface area contributed by atoms with Crippen LogP contribution >= 0.6 is 11.3 Å². The number of hydrogen-bond acceptors (Lipinski definition) is 7. The number of nitrogens with one attached hydrogen (secondary N) is 2. The lowest BCUT2D eigenvalue weighted by Crippen LogP contribution is -2.47. The van der Waals surface area contributed by atoms with Gasteiger partial charge in [0.05, 0.1) is 30.3 Å². The number of thiophene rings is 1. The number of hydrogen-bond donors (Lipinski definition) is 3. The van der Waals surface area contributed by atoms with Gasteiger partial charge >= 0.3 is 24.1 Å². The topological polar surface area (TPSA) is 114 Å². The van der Waals surface area contributed by atoms with Crippen molar-refractivity contribution in [3.8, 4) is 0 Å². The average molecular weight is 498 g/mol. The Balaban J connectivity index is 1.85. The Morgan fingerprint density at radius 2 is 1.82 bits per heavy atom. The number of urea groups is 1. The lowest BCUT2D eigenvalue weighted by atomic mass is 9.90. The number of rotatable bonds is 8. The largest absolute Gasteiger partial charge is 0.463 e. The molecule has 1 aromatic heterocycles. The molecule has 2 aromatic rings. The van der Waals surface area contributed by atoms with Crippen LogP contribution in [0.3, 0.4) is 0 Å². The van der Waals surface area contributed by atoms with Crippen LogP contribution in [0.25, 0.3) is 0 Å². The SMILES string of the molecule is CCOC(=O)C1=C(COC(=O)C[C@](O)(c2ccccc2)C(F)(F)F)NC(=O)N[C@@H]1c1cccs1. The van der Waals surface area contributed by atoms with Gasteiger partial charge in [-0.25, -0.2) is 9.59 Å². The molecule has 182 valence electrons. The van der Waals surface area contributed by atoms with Gasteiger partial charge in [-0.1, -0.05) is 36.4 Å². The van der Waals surface area contributed by atoms with Gasteiger partial charge in [0, 0.05) is 4.88 Å². The molecule has 1 aliphatic heterocycles. The van der Waals surface area contributed by atoms with Crippen LogP contribution in [0, 0.1) is 0 Å². The first-order valence-corrected chi connectivity index (χ1v) is 11.0. The summed E-state index contributed by atoms with van der Waals surface area (Å²) >= 11 is 1.26. The van der Waals surface area contributed by atoms with Crippen molar-refractivity contribution >= 4 is 29.3 Å². The Hall–Kier alpha value is -3.38. The van der Waals surface area contributed by atoms with Crippen molar-refractivity contribution in [2.75, 3.05) is 13.2 Å². The first kappa shape index (κ1) is 25.2. The van der Waals surface area contributed by atoms with Gasteiger partial charge < -0.3 is 25.2 Å². The molecule has 0 fully saturated rings. The second kappa shape index (κ2) is 10.3. The van der Waals surface area contributed by atoms with Crippen LogP contribution in [0.4, 0.5) is 18.0 Å². The third kappa shape index (κ3) is 5.39. The second-order valence-electron chi connectivity index (χ2n) is 7.22. The Kier molecular flexibility index (Phi) is 7.62. The molecule has 0 aliphatic carbocycles. The highest BCUT2D eigenvalue weighted by atomic mass is 32.1. The quantitative estimate of drug-likeness (QED) is 0.482. The molecule has 12 heteroatoms. The first-order chi connectivity index (χ1) is 16.1. The zero-order chi connectivity index (χ0) is 24.9. The van der Waals surface area contributed by atoms with Gasteiger partial charge in [-0.3, -0.25) is 4.79 Å². The van der Waals surface area contributed by atoms with E-state index in [0.29, 0.717) is 4.88 Å². The van der Waals surface area contributed by atoms with Crippen LogP contribution < -0.4 is 10.6 Å². The number of benzene rings is 1. The maximum atomic E-state index is 13.7. The first-order valence-electron chi connectivity index (χ1n) is 10.1. The van der Waals surface area contributed by atoms with Gasteiger partial charge in [0.25, 0.3) is 0 Å². The smallest absolute Gasteiger partial charge is 0.422 e. The zero-order valence-corrected chi connectivity index (χ0v) is 18.7. The van der Waals surface area contributed by atoms with Gasteiger partial charge in [-0.2, -0.15) is 13.2 Å². The fourth-order valence-electron chi connectivity index (χ4n) is 3.34. The minimum atomic E-state index is -5.17. The number of halogens is 3. The lowest BCUT2D eigenvalue weighted by Gasteiger charge is -2.31. The molecule has 2 heterocycles. The van der Waals surface area contributed by atoms with Crippen molar-refractivity contribution in [2.24, 2.45) is 0 Å². The summed E-state index contributed by atoms with van der Waals surface area (Å²) in [5.41, 5.74) is -4.20. The number of carbonyl (C=O) groups is 3. The van der Waals surface area contributed by atoms with Gasteiger partial charge in [0.15, 0.2) is 5.60 Å². The Labute approximate surface area is 196 Å². The number of amides is 2. The Morgan fingerprint density at radius 3 is 2.41 bits per heavy atom. The van der Waals surface area contributed by atoms with E-state index in [1.165, 1.54) is 29.5 Å². The minimum Gasteiger partial charge on any atom is -0.463 e. The fourth-order valence-corrected chi connectivity index (χ4v) is 4.13. The molecule has 0 unspecified atom stereocenters. The third-order valence-corrected chi connectivity index (χ3v) is 5.91. The van der Waals surface area contributed by atoms with Crippen molar-refractivity contribution in [3.05, 3.63) is 69.6 Å². The molecule has 0 spiro atoms. The summed E-state index contributed by atoms with van der Waals surface area (Å²) in [6.07, 6.45) is -6.60. The summed E-state index contributed by atoms with van der Waals surface area (Å²) in [6.45, 7) is 0.885. The summed E-state index contributed by atoms with van der Waals surface area (Å²) < 4.78 is 51.0. The van der Waals surface area contributed by atoms with E-state index in [0.717, 1.165) is 12.1 Å². The summed E-state index contributed by atoms with van der Waals surface area (Å²) in [7, 11) is 0. The van der Waals surface area contributed by atoms with Crippen molar-refractivity contribution in [2.45, 2.75) is 31.2 Å². The van der Waals surface area contributed by atoms with Crippen molar-refractivity contribution < 1.29 is 42.1 Å². The van der Waals surface area contributed by atoms with E-state index in [4.69, 9.17) is 9.47 Å². The number of alkyl halides is 3. The molecule has 1 aliphatic rings. The molecule has 34 heavy (non-hydrogen) atoms. The number of carbonyl (C=O) groups excluding carboxylic acids is 3. The third-order valence-electron chi connectivity index (χ3n) is 4.97. The molecule has 2 atom stereocenters. The molecular formula is C22H21F3N2O6S.